The molecule has 3 heteroatoms. The number of hydrogen-bond acceptors (Lipinski definition) is 3. The van der Waals surface area contributed by atoms with E-state index in [0.29, 0.717) is 5.56 Å². The van der Waals surface area contributed by atoms with Crippen LogP contribution in [0.15, 0.2) is 85.1 Å². The van der Waals surface area contributed by atoms with Gasteiger partial charge in [0.25, 0.3) is 0 Å². The van der Waals surface area contributed by atoms with E-state index in [1.165, 1.54) is 7.11 Å². The lowest BCUT2D eigenvalue weighted by atomic mass is 9.97. The van der Waals surface area contributed by atoms with Crippen LogP contribution in [-0.4, -0.2) is 18.1 Å². The molecule has 0 aliphatic heterocycles. The van der Waals surface area contributed by atoms with E-state index < -0.39 is 0 Å². The quantitative estimate of drug-likeness (QED) is 0.472. The summed E-state index contributed by atoms with van der Waals surface area (Å²) < 4.78 is 4.91. The summed E-state index contributed by atoms with van der Waals surface area (Å²) in [6.45, 7) is 0. The summed E-state index contributed by atoms with van der Waals surface area (Å²) in [5, 5.41) is 1.03. The number of carbonyl (C=O) groups is 1. The van der Waals surface area contributed by atoms with Crippen LogP contribution in [-0.2, 0) is 4.74 Å². The number of esters is 1. The average Bonchev–Trinajstić information content (AvgIpc) is 2.73. The Morgan fingerprint density at radius 3 is 2.35 bits per heavy atom. The molecule has 0 spiro atoms. The van der Waals surface area contributed by atoms with Gasteiger partial charge in [-0.1, -0.05) is 54.6 Å². The fourth-order valence-corrected chi connectivity index (χ4v) is 3.11. The molecular formula is C23H17NO2. The Balaban J connectivity index is 1.84. The lowest BCUT2D eigenvalue weighted by Crippen LogP contribution is -2.03. The second-order valence-electron chi connectivity index (χ2n) is 6.03. The number of rotatable bonds is 3. The number of ether oxygens (including phenoxy) is 1. The van der Waals surface area contributed by atoms with Gasteiger partial charge in [0.2, 0.25) is 0 Å². The zero-order valence-electron chi connectivity index (χ0n) is 14.3. The third kappa shape index (κ3) is 2.95. The molecule has 0 N–H and O–H groups in total. The van der Waals surface area contributed by atoms with Gasteiger partial charge < -0.3 is 4.74 Å². The highest BCUT2D eigenvalue weighted by Gasteiger charge is 2.13. The van der Waals surface area contributed by atoms with E-state index in [4.69, 9.17) is 4.74 Å². The van der Waals surface area contributed by atoms with Crippen molar-refractivity contribution in [2.24, 2.45) is 0 Å². The summed E-state index contributed by atoms with van der Waals surface area (Å²) in [6.07, 6.45) is 1.89. The first kappa shape index (κ1) is 16.0. The molecule has 126 valence electrons. The second-order valence-corrected chi connectivity index (χ2v) is 6.03. The highest BCUT2D eigenvalue weighted by atomic mass is 16.5. The Hall–Kier alpha value is -3.46. The van der Waals surface area contributed by atoms with Crippen molar-refractivity contribution in [2.75, 3.05) is 7.11 Å². The van der Waals surface area contributed by atoms with E-state index in [1.807, 2.05) is 54.7 Å². The van der Waals surface area contributed by atoms with Crippen LogP contribution in [0, 0.1) is 0 Å². The standard InChI is InChI=1S/C23H17NO2/c1-26-23(25)21-10-6-5-9-20(21)17-11-12-22-18(13-17)14-19(15-24-22)16-7-3-2-4-8-16/h2-15H,1H3. The van der Waals surface area contributed by atoms with Gasteiger partial charge in [-0.15, -0.1) is 0 Å². The van der Waals surface area contributed by atoms with Gasteiger partial charge in [0.1, 0.15) is 0 Å². The first-order valence-electron chi connectivity index (χ1n) is 8.39. The van der Waals surface area contributed by atoms with Crippen LogP contribution >= 0.6 is 0 Å². The molecule has 0 fully saturated rings. The SMILES string of the molecule is COC(=O)c1ccccc1-c1ccc2ncc(-c3ccccc3)cc2c1. The molecule has 0 aliphatic rings. The van der Waals surface area contributed by atoms with Gasteiger partial charge in [-0.05, 0) is 41.0 Å². The first-order chi connectivity index (χ1) is 12.8. The van der Waals surface area contributed by atoms with Crippen LogP contribution in [0.25, 0.3) is 33.2 Å². The van der Waals surface area contributed by atoms with Crippen LogP contribution < -0.4 is 0 Å². The predicted octanol–water partition coefficient (Wildman–Crippen LogP) is 5.36. The molecule has 3 aromatic carbocycles. The van der Waals surface area contributed by atoms with Crippen LogP contribution in [0.2, 0.25) is 0 Å². The van der Waals surface area contributed by atoms with Crippen molar-refractivity contribution in [3.63, 3.8) is 0 Å². The Labute approximate surface area is 151 Å². The van der Waals surface area contributed by atoms with E-state index in [1.54, 1.807) is 6.07 Å². The molecule has 26 heavy (non-hydrogen) atoms. The largest absolute Gasteiger partial charge is 0.465 e. The van der Waals surface area contributed by atoms with Crippen molar-refractivity contribution < 1.29 is 9.53 Å². The molecule has 0 unspecified atom stereocenters. The molecule has 1 heterocycles. The van der Waals surface area contributed by atoms with Gasteiger partial charge in [-0.25, -0.2) is 4.79 Å². The Morgan fingerprint density at radius 1 is 0.808 bits per heavy atom. The minimum absolute atomic E-state index is 0.336. The van der Waals surface area contributed by atoms with Crippen LogP contribution in [0.4, 0.5) is 0 Å². The number of fused-ring (bicyclic) bond motifs is 1. The lowest BCUT2D eigenvalue weighted by Gasteiger charge is -2.10. The van der Waals surface area contributed by atoms with E-state index in [9.17, 15) is 4.79 Å². The van der Waals surface area contributed by atoms with E-state index in [0.717, 1.165) is 33.2 Å². The third-order valence-electron chi connectivity index (χ3n) is 4.43. The molecule has 0 saturated carbocycles. The fraction of sp³-hybridized carbons (Fsp3) is 0.0435. The van der Waals surface area contributed by atoms with Crippen molar-refractivity contribution in [1.29, 1.82) is 0 Å². The Kier molecular flexibility index (Phi) is 4.20. The number of carbonyl (C=O) groups excluding carboxylic acids is 1. The van der Waals surface area contributed by atoms with Crippen molar-refractivity contribution >= 4 is 16.9 Å². The second kappa shape index (κ2) is 6.81. The number of hydrogen-bond donors (Lipinski definition) is 0. The number of methoxy groups -OCH3 is 1. The van der Waals surface area contributed by atoms with Gasteiger partial charge in [0.15, 0.2) is 0 Å². The van der Waals surface area contributed by atoms with E-state index in [2.05, 4.69) is 29.2 Å². The molecule has 1 aromatic heterocycles. The van der Waals surface area contributed by atoms with Crippen molar-refractivity contribution in [1.82, 2.24) is 4.98 Å². The third-order valence-corrected chi connectivity index (χ3v) is 4.43. The molecule has 0 saturated heterocycles. The molecule has 3 nitrogen and oxygen atoms in total. The number of nitrogens with zero attached hydrogens (tertiary/aromatic N) is 1. The molecule has 0 aliphatic carbocycles. The normalized spacial score (nSPS) is 10.7. The van der Waals surface area contributed by atoms with Crippen molar-refractivity contribution in [3.8, 4) is 22.3 Å². The molecule has 0 bridgehead atoms. The minimum atomic E-state index is -0.336. The van der Waals surface area contributed by atoms with E-state index >= 15 is 0 Å². The summed E-state index contributed by atoms with van der Waals surface area (Å²) in [5.74, 6) is -0.336. The summed E-state index contributed by atoms with van der Waals surface area (Å²) in [5.41, 5.74) is 5.49. The van der Waals surface area contributed by atoms with Crippen LogP contribution in [0.3, 0.4) is 0 Å². The summed E-state index contributed by atoms with van der Waals surface area (Å²) in [4.78, 5) is 16.7. The average molecular weight is 339 g/mol. The minimum Gasteiger partial charge on any atom is -0.465 e. The van der Waals surface area contributed by atoms with Crippen molar-refractivity contribution in [2.45, 2.75) is 0 Å². The topological polar surface area (TPSA) is 39.2 Å². The molecule has 0 radical (unpaired) electrons. The Morgan fingerprint density at radius 2 is 1.54 bits per heavy atom. The predicted molar refractivity (Wildman–Crippen MR) is 104 cm³/mol. The monoisotopic (exact) mass is 339 g/mol. The molecule has 4 rings (SSSR count). The number of pyridine rings is 1. The zero-order chi connectivity index (χ0) is 17.9. The lowest BCUT2D eigenvalue weighted by molar-refractivity contribution is 0.0601. The van der Waals surface area contributed by atoms with Crippen molar-refractivity contribution in [3.05, 3.63) is 90.6 Å². The first-order valence-corrected chi connectivity index (χ1v) is 8.39. The molecular weight excluding hydrogens is 322 g/mol. The number of benzene rings is 3. The number of aromatic nitrogens is 1. The smallest absolute Gasteiger partial charge is 0.338 e. The highest BCUT2D eigenvalue weighted by molar-refractivity contribution is 5.98. The van der Waals surface area contributed by atoms with E-state index in [-0.39, 0.29) is 5.97 Å². The van der Waals surface area contributed by atoms with Gasteiger partial charge in [0, 0.05) is 17.1 Å². The Bertz CT molecular complexity index is 1090. The summed E-state index contributed by atoms with van der Waals surface area (Å²) >= 11 is 0. The zero-order valence-corrected chi connectivity index (χ0v) is 14.3. The van der Waals surface area contributed by atoms with Gasteiger partial charge in [-0.2, -0.15) is 0 Å². The highest BCUT2D eigenvalue weighted by Crippen LogP contribution is 2.29. The molecule has 0 atom stereocenters. The fourth-order valence-electron chi connectivity index (χ4n) is 3.11. The summed E-state index contributed by atoms with van der Waals surface area (Å²) in [7, 11) is 1.40. The van der Waals surface area contributed by atoms with Gasteiger partial charge >= 0.3 is 5.97 Å². The van der Waals surface area contributed by atoms with Crippen LogP contribution in [0.5, 0.6) is 0 Å². The molecule has 4 aromatic rings. The van der Waals surface area contributed by atoms with Gasteiger partial charge in [0.05, 0.1) is 18.2 Å². The maximum absolute atomic E-state index is 12.1. The van der Waals surface area contributed by atoms with Crippen LogP contribution in [0.1, 0.15) is 10.4 Å². The molecule has 0 amide bonds. The maximum atomic E-state index is 12.1. The maximum Gasteiger partial charge on any atom is 0.338 e. The summed E-state index contributed by atoms with van der Waals surface area (Å²) in [6, 6.07) is 25.8. The van der Waals surface area contributed by atoms with Gasteiger partial charge in [-0.3, -0.25) is 4.98 Å².